The second kappa shape index (κ2) is 3.61. The fourth-order valence-electron chi connectivity index (χ4n) is 1.26. The summed E-state index contributed by atoms with van der Waals surface area (Å²) in [6, 6.07) is 1.99. The van der Waals surface area contributed by atoms with Crippen LogP contribution in [0.15, 0.2) is 30.9 Å². The monoisotopic (exact) mass is 207 g/mol. The summed E-state index contributed by atoms with van der Waals surface area (Å²) in [4.78, 5) is 7.44. The molecule has 0 atom stereocenters. The zero-order chi connectivity index (χ0) is 10.8. The van der Waals surface area contributed by atoms with Gasteiger partial charge in [-0.05, 0) is 12.1 Å². The first-order chi connectivity index (χ1) is 7.18. The van der Waals surface area contributed by atoms with Crippen LogP contribution in [0, 0.1) is 11.6 Å². The molecule has 0 fully saturated rings. The highest BCUT2D eigenvalue weighted by atomic mass is 19.1. The van der Waals surface area contributed by atoms with Gasteiger partial charge in [0.15, 0.2) is 5.82 Å². The van der Waals surface area contributed by atoms with Crippen LogP contribution >= 0.6 is 0 Å². The minimum absolute atomic E-state index is 0.0631. The van der Waals surface area contributed by atoms with Crippen LogP contribution in [-0.4, -0.2) is 9.97 Å². The lowest BCUT2D eigenvalue weighted by molar-refractivity contribution is 0.607. The standard InChI is InChI=1S/C10H7F2N3/c11-7-1-8(10(12)9(13)2-7)6-3-14-5-15-4-6/h1-5H,13H2. The van der Waals surface area contributed by atoms with E-state index in [4.69, 9.17) is 5.73 Å². The van der Waals surface area contributed by atoms with Crippen molar-refractivity contribution in [3.8, 4) is 11.1 Å². The lowest BCUT2D eigenvalue weighted by Crippen LogP contribution is -1.96. The normalized spacial score (nSPS) is 10.3. The number of benzene rings is 1. The molecule has 2 rings (SSSR count). The Labute approximate surface area is 84.6 Å². The number of halogens is 2. The number of anilines is 1. The molecule has 0 bridgehead atoms. The first-order valence-electron chi connectivity index (χ1n) is 4.18. The predicted octanol–water partition coefficient (Wildman–Crippen LogP) is 2.00. The van der Waals surface area contributed by atoms with E-state index < -0.39 is 11.6 Å². The molecule has 76 valence electrons. The van der Waals surface area contributed by atoms with Crippen molar-refractivity contribution in [1.29, 1.82) is 0 Å². The van der Waals surface area contributed by atoms with Gasteiger partial charge in [-0.2, -0.15) is 0 Å². The molecule has 15 heavy (non-hydrogen) atoms. The van der Waals surface area contributed by atoms with Crippen LogP contribution < -0.4 is 5.73 Å². The van der Waals surface area contributed by atoms with Crippen molar-refractivity contribution in [3.63, 3.8) is 0 Å². The van der Waals surface area contributed by atoms with Gasteiger partial charge in [-0.25, -0.2) is 18.7 Å². The SMILES string of the molecule is Nc1cc(F)cc(-c2cncnc2)c1F. The van der Waals surface area contributed by atoms with E-state index in [1.807, 2.05) is 0 Å². The van der Waals surface area contributed by atoms with Crippen LogP contribution in [0.2, 0.25) is 0 Å². The van der Waals surface area contributed by atoms with Gasteiger partial charge in [0.05, 0.1) is 5.69 Å². The molecule has 0 radical (unpaired) electrons. The molecule has 0 amide bonds. The summed E-state index contributed by atoms with van der Waals surface area (Å²) in [7, 11) is 0. The zero-order valence-corrected chi connectivity index (χ0v) is 7.61. The van der Waals surface area contributed by atoms with E-state index in [1.54, 1.807) is 0 Å². The Morgan fingerprint density at radius 1 is 1.07 bits per heavy atom. The Morgan fingerprint density at radius 3 is 2.40 bits per heavy atom. The molecule has 1 heterocycles. The predicted molar refractivity (Wildman–Crippen MR) is 51.8 cm³/mol. The highest BCUT2D eigenvalue weighted by Crippen LogP contribution is 2.26. The maximum absolute atomic E-state index is 13.5. The fraction of sp³-hybridized carbons (Fsp3) is 0. The van der Waals surface area contributed by atoms with Gasteiger partial charge in [-0.1, -0.05) is 0 Å². The molecular weight excluding hydrogens is 200 g/mol. The van der Waals surface area contributed by atoms with Crippen molar-refractivity contribution in [1.82, 2.24) is 9.97 Å². The van der Waals surface area contributed by atoms with E-state index in [1.165, 1.54) is 18.7 Å². The molecule has 0 unspecified atom stereocenters. The number of aromatic nitrogens is 2. The lowest BCUT2D eigenvalue weighted by atomic mass is 10.1. The van der Waals surface area contributed by atoms with Crippen molar-refractivity contribution in [2.75, 3.05) is 5.73 Å². The van der Waals surface area contributed by atoms with E-state index in [2.05, 4.69) is 9.97 Å². The van der Waals surface area contributed by atoms with Gasteiger partial charge in [-0.15, -0.1) is 0 Å². The molecule has 2 aromatic rings. The molecule has 0 aliphatic rings. The molecule has 0 spiro atoms. The first kappa shape index (κ1) is 9.51. The summed E-state index contributed by atoms with van der Waals surface area (Å²) in [5, 5.41) is 0. The molecule has 1 aromatic carbocycles. The minimum atomic E-state index is -0.661. The molecule has 1 aromatic heterocycles. The van der Waals surface area contributed by atoms with E-state index in [9.17, 15) is 8.78 Å². The van der Waals surface area contributed by atoms with E-state index in [0.29, 0.717) is 5.56 Å². The molecule has 3 nitrogen and oxygen atoms in total. The van der Waals surface area contributed by atoms with Crippen molar-refractivity contribution < 1.29 is 8.78 Å². The molecule has 5 heteroatoms. The Morgan fingerprint density at radius 2 is 1.73 bits per heavy atom. The summed E-state index contributed by atoms with van der Waals surface area (Å²) < 4.78 is 26.5. The quantitative estimate of drug-likeness (QED) is 0.727. The van der Waals surface area contributed by atoms with Crippen LogP contribution in [0.5, 0.6) is 0 Å². The van der Waals surface area contributed by atoms with Crippen molar-refractivity contribution in [3.05, 3.63) is 42.5 Å². The molecule has 0 aliphatic carbocycles. The number of hydrogen-bond donors (Lipinski definition) is 1. The first-order valence-corrected chi connectivity index (χ1v) is 4.18. The third kappa shape index (κ3) is 1.76. The highest BCUT2D eigenvalue weighted by molar-refractivity contribution is 5.67. The van der Waals surface area contributed by atoms with Gasteiger partial charge in [-0.3, -0.25) is 0 Å². The number of hydrogen-bond acceptors (Lipinski definition) is 3. The van der Waals surface area contributed by atoms with Gasteiger partial charge in [0.2, 0.25) is 0 Å². The summed E-state index contributed by atoms with van der Waals surface area (Å²) in [5.74, 6) is -1.25. The van der Waals surface area contributed by atoms with Crippen molar-refractivity contribution in [2.24, 2.45) is 0 Å². The second-order valence-corrected chi connectivity index (χ2v) is 2.98. The molecule has 0 saturated carbocycles. The van der Waals surface area contributed by atoms with E-state index in [-0.39, 0.29) is 11.3 Å². The Balaban J connectivity index is 2.63. The van der Waals surface area contributed by atoms with Crippen LogP contribution in [0.25, 0.3) is 11.1 Å². The maximum Gasteiger partial charge on any atom is 0.154 e. The molecular formula is C10H7F2N3. The highest BCUT2D eigenvalue weighted by Gasteiger charge is 2.10. The Hall–Kier alpha value is -2.04. The van der Waals surface area contributed by atoms with Crippen LogP contribution in [0.4, 0.5) is 14.5 Å². The third-order valence-corrected chi connectivity index (χ3v) is 1.94. The number of nitrogens with two attached hydrogens (primary N) is 1. The zero-order valence-electron chi connectivity index (χ0n) is 7.61. The summed E-state index contributed by atoms with van der Waals surface area (Å²) in [6.45, 7) is 0. The average molecular weight is 207 g/mol. The van der Waals surface area contributed by atoms with Gasteiger partial charge in [0, 0.05) is 23.5 Å². The smallest absolute Gasteiger partial charge is 0.154 e. The summed E-state index contributed by atoms with van der Waals surface area (Å²) in [6.07, 6.45) is 4.10. The van der Waals surface area contributed by atoms with Crippen molar-refractivity contribution >= 4 is 5.69 Å². The average Bonchev–Trinajstić information content (AvgIpc) is 2.24. The lowest BCUT2D eigenvalue weighted by Gasteiger charge is -2.04. The van der Waals surface area contributed by atoms with Gasteiger partial charge in [0.25, 0.3) is 0 Å². The van der Waals surface area contributed by atoms with E-state index in [0.717, 1.165) is 12.1 Å². The minimum Gasteiger partial charge on any atom is -0.396 e. The number of nitrogens with zero attached hydrogens (tertiary/aromatic N) is 2. The van der Waals surface area contributed by atoms with E-state index >= 15 is 0 Å². The molecule has 0 aliphatic heterocycles. The summed E-state index contributed by atoms with van der Waals surface area (Å²) >= 11 is 0. The maximum atomic E-state index is 13.5. The van der Waals surface area contributed by atoms with Crippen LogP contribution in [0.3, 0.4) is 0 Å². The molecule has 2 N–H and O–H groups in total. The number of nitrogen functional groups attached to an aromatic ring is 1. The Bertz CT molecular complexity index is 486. The van der Waals surface area contributed by atoms with Gasteiger partial charge < -0.3 is 5.73 Å². The van der Waals surface area contributed by atoms with Gasteiger partial charge >= 0.3 is 0 Å². The third-order valence-electron chi connectivity index (χ3n) is 1.94. The second-order valence-electron chi connectivity index (χ2n) is 2.98. The Kier molecular flexibility index (Phi) is 2.29. The van der Waals surface area contributed by atoms with Gasteiger partial charge in [0.1, 0.15) is 12.1 Å². The topological polar surface area (TPSA) is 51.8 Å². The van der Waals surface area contributed by atoms with Crippen LogP contribution in [-0.2, 0) is 0 Å². The van der Waals surface area contributed by atoms with Crippen LogP contribution in [0.1, 0.15) is 0 Å². The molecule has 0 saturated heterocycles. The largest absolute Gasteiger partial charge is 0.396 e. The fourth-order valence-corrected chi connectivity index (χ4v) is 1.26. The van der Waals surface area contributed by atoms with Crippen molar-refractivity contribution in [2.45, 2.75) is 0 Å². The number of rotatable bonds is 1. The summed E-state index contributed by atoms with van der Waals surface area (Å²) in [5.41, 5.74) is 5.53.